The van der Waals surface area contributed by atoms with Crippen LogP contribution >= 0.6 is 0 Å². The second-order valence-corrected chi connectivity index (χ2v) is 8.25. The predicted octanol–water partition coefficient (Wildman–Crippen LogP) is 1.89. The Kier molecular flexibility index (Phi) is 4.82. The summed E-state index contributed by atoms with van der Waals surface area (Å²) in [6.45, 7) is 4.01. The van der Waals surface area contributed by atoms with E-state index in [0.717, 1.165) is 16.5 Å². The van der Waals surface area contributed by atoms with Crippen LogP contribution in [0.15, 0.2) is 36.7 Å². The van der Waals surface area contributed by atoms with Gasteiger partial charge in [0.25, 0.3) is 11.8 Å². The zero-order valence-corrected chi connectivity index (χ0v) is 18.7. The second-order valence-electron chi connectivity index (χ2n) is 8.25. The number of likely N-dealkylation sites (tertiary alicyclic amines) is 1. The van der Waals surface area contributed by atoms with Gasteiger partial charge in [-0.25, -0.2) is 4.52 Å². The third-order valence-corrected chi connectivity index (χ3v) is 6.31. The molecular formula is C23H24N6O4. The fraction of sp³-hybridized carbons (Fsp3) is 0.304. The third-order valence-electron chi connectivity index (χ3n) is 6.31. The summed E-state index contributed by atoms with van der Waals surface area (Å²) in [5.74, 6) is 0.719. The van der Waals surface area contributed by atoms with Crippen LogP contribution in [0.2, 0.25) is 0 Å². The van der Waals surface area contributed by atoms with Gasteiger partial charge in [-0.15, -0.1) is 0 Å². The Morgan fingerprint density at radius 2 is 2.06 bits per heavy atom. The van der Waals surface area contributed by atoms with Crippen LogP contribution in [0, 0.1) is 6.92 Å². The largest absolute Gasteiger partial charge is 0.455 e. The molecule has 4 aromatic rings. The van der Waals surface area contributed by atoms with Crippen LogP contribution in [0.3, 0.4) is 0 Å². The van der Waals surface area contributed by atoms with E-state index in [1.165, 1.54) is 0 Å². The molecule has 0 bridgehead atoms. The first-order chi connectivity index (χ1) is 15.8. The minimum absolute atomic E-state index is 0.139. The molecule has 1 aliphatic heterocycles. The van der Waals surface area contributed by atoms with E-state index in [9.17, 15) is 14.7 Å². The monoisotopic (exact) mass is 448 g/mol. The van der Waals surface area contributed by atoms with Gasteiger partial charge in [0.1, 0.15) is 11.3 Å². The van der Waals surface area contributed by atoms with Crippen molar-refractivity contribution in [3.8, 4) is 11.5 Å². The van der Waals surface area contributed by atoms with Crippen LogP contribution in [0.5, 0.6) is 11.5 Å². The Balaban J connectivity index is 1.51. The van der Waals surface area contributed by atoms with Crippen LogP contribution < -0.4 is 10.1 Å². The lowest BCUT2D eigenvalue weighted by Gasteiger charge is -2.43. The summed E-state index contributed by atoms with van der Waals surface area (Å²) in [5.41, 5.74) is 3.06. The van der Waals surface area contributed by atoms with Gasteiger partial charge >= 0.3 is 0 Å². The van der Waals surface area contributed by atoms with Crippen molar-refractivity contribution in [1.29, 1.82) is 0 Å². The summed E-state index contributed by atoms with van der Waals surface area (Å²) in [4.78, 5) is 26.7. The zero-order chi connectivity index (χ0) is 23.4. The van der Waals surface area contributed by atoms with Crippen molar-refractivity contribution in [3.05, 3.63) is 53.5 Å². The first kappa shape index (κ1) is 21.0. The number of benzene rings is 1. The van der Waals surface area contributed by atoms with Gasteiger partial charge in [-0.1, -0.05) is 0 Å². The molecule has 170 valence electrons. The lowest BCUT2D eigenvalue weighted by Crippen LogP contribution is -2.60. The fourth-order valence-corrected chi connectivity index (χ4v) is 4.25. The summed E-state index contributed by atoms with van der Waals surface area (Å²) < 4.78 is 9.46. The van der Waals surface area contributed by atoms with E-state index in [1.54, 1.807) is 58.8 Å². The SMILES string of the molecule is CNC(=O)c1nn(C)c2cc(Oc3ccnn4cc(C(=O)N5C[C@@H](O)[C@H]5C)c(C)c34)ccc12. The molecule has 1 aliphatic rings. The molecule has 10 nitrogen and oxygen atoms in total. The molecule has 0 saturated carbocycles. The van der Waals surface area contributed by atoms with E-state index >= 15 is 0 Å². The highest BCUT2D eigenvalue weighted by atomic mass is 16.5. The van der Waals surface area contributed by atoms with Crippen molar-refractivity contribution < 1.29 is 19.4 Å². The quantitative estimate of drug-likeness (QED) is 0.493. The molecule has 33 heavy (non-hydrogen) atoms. The van der Waals surface area contributed by atoms with Gasteiger partial charge in [0.05, 0.1) is 29.4 Å². The maximum absolute atomic E-state index is 13.0. The predicted molar refractivity (Wildman–Crippen MR) is 121 cm³/mol. The number of aliphatic hydroxyl groups excluding tert-OH is 1. The standard InChI is InChI=1S/C23H24N6O4/c1-12-16(23(32)28-11-18(30)13(28)2)10-29-21(12)19(7-8-25-29)33-14-5-6-15-17(9-14)27(4)26-20(15)22(31)24-3/h5-10,13,18,30H,11H2,1-4H3,(H,24,31)/t13-,18-/m1/s1. The molecule has 2 N–H and O–H groups in total. The number of rotatable bonds is 4. The number of hydrogen-bond acceptors (Lipinski definition) is 6. The molecule has 1 fully saturated rings. The average Bonchev–Trinajstić information content (AvgIpc) is 3.33. The van der Waals surface area contributed by atoms with Crippen LogP contribution in [0.4, 0.5) is 0 Å². The number of carbonyl (C=O) groups is 2. The molecule has 5 rings (SSSR count). The number of carbonyl (C=O) groups excluding carboxylic acids is 2. The number of ether oxygens (including phenoxy) is 1. The number of β-amino-alcohol motifs (C(OH)–C–C–N with tert-alkyl or cyclic N) is 1. The minimum Gasteiger partial charge on any atom is -0.455 e. The Morgan fingerprint density at radius 3 is 2.76 bits per heavy atom. The lowest BCUT2D eigenvalue weighted by atomic mass is 9.99. The molecule has 3 aromatic heterocycles. The second kappa shape index (κ2) is 7.59. The van der Waals surface area contributed by atoms with Crippen molar-refractivity contribution in [2.75, 3.05) is 13.6 Å². The zero-order valence-electron chi connectivity index (χ0n) is 18.7. The fourth-order valence-electron chi connectivity index (χ4n) is 4.25. The Morgan fingerprint density at radius 1 is 1.27 bits per heavy atom. The molecule has 0 radical (unpaired) electrons. The maximum atomic E-state index is 13.0. The highest BCUT2D eigenvalue weighted by Gasteiger charge is 2.38. The molecule has 0 spiro atoms. The van der Waals surface area contributed by atoms with Crippen molar-refractivity contribution in [2.24, 2.45) is 7.05 Å². The van der Waals surface area contributed by atoms with Gasteiger partial charge in [-0.05, 0) is 31.5 Å². The number of amides is 2. The number of nitrogens with zero attached hydrogens (tertiary/aromatic N) is 5. The van der Waals surface area contributed by atoms with Gasteiger partial charge < -0.3 is 20.1 Å². The minimum atomic E-state index is -0.492. The molecule has 0 aliphatic carbocycles. The molecule has 0 unspecified atom stereocenters. The normalized spacial score (nSPS) is 17.9. The topological polar surface area (TPSA) is 114 Å². The van der Waals surface area contributed by atoms with Gasteiger partial charge in [0, 0.05) is 44.4 Å². The molecule has 2 amide bonds. The number of aromatic nitrogens is 4. The highest BCUT2D eigenvalue weighted by Crippen LogP contribution is 2.33. The van der Waals surface area contributed by atoms with Crippen LogP contribution in [-0.2, 0) is 7.05 Å². The maximum Gasteiger partial charge on any atom is 0.272 e. The number of nitrogens with one attached hydrogen (secondary N) is 1. The highest BCUT2D eigenvalue weighted by molar-refractivity contribution is 6.05. The van der Waals surface area contributed by atoms with Gasteiger partial charge in [0.15, 0.2) is 11.4 Å². The summed E-state index contributed by atoms with van der Waals surface area (Å²) >= 11 is 0. The van der Waals surface area contributed by atoms with Gasteiger partial charge in [-0.3, -0.25) is 14.3 Å². The average molecular weight is 448 g/mol. The summed E-state index contributed by atoms with van der Waals surface area (Å²) in [6, 6.07) is 6.93. The number of aryl methyl sites for hydroxylation is 2. The van der Waals surface area contributed by atoms with Crippen molar-refractivity contribution in [1.82, 2.24) is 29.6 Å². The van der Waals surface area contributed by atoms with E-state index in [0.29, 0.717) is 34.8 Å². The van der Waals surface area contributed by atoms with Crippen LogP contribution in [0.1, 0.15) is 33.3 Å². The van der Waals surface area contributed by atoms with Crippen LogP contribution in [-0.4, -0.2) is 67.0 Å². The van der Waals surface area contributed by atoms with Crippen LogP contribution in [0.25, 0.3) is 16.4 Å². The van der Waals surface area contributed by atoms with Crippen molar-refractivity contribution >= 4 is 28.2 Å². The molecule has 4 heterocycles. The van der Waals surface area contributed by atoms with E-state index in [1.807, 2.05) is 19.9 Å². The smallest absolute Gasteiger partial charge is 0.272 e. The number of aliphatic hydroxyl groups is 1. The van der Waals surface area contributed by atoms with E-state index < -0.39 is 6.10 Å². The number of hydrogen-bond donors (Lipinski definition) is 2. The Bertz CT molecular complexity index is 1420. The molecule has 2 atom stereocenters. The first-order valence-electron chi connectivity index (χ1n) is 10.6. The van der Waals surface area contributed by atoms with E-state index in [2.05, 4.69) is 15.5 Å². The first-order valence-corrected chi connectivity index (χ1v) is 10.6. The van der Waals surface area contributed by atoms with E-state index in [4.69, 9.17) is 4.74 Å². The molecule has 1 aromatic carbocycles. The Hall–Kier alpha value is -3.92. The molecule has 1 saturated heterocycles. The molecular weight excluding hydrogens is 424 g/mol. The Labute approximate surface area is 189 Å². The summed E-state index contributed by atoms with van der Waals surface area (Å²) in [7, 11) is 3.34. The van der Waals surface area contributed by atoms with Crippen molar-refractivity contribution in [2.45, 2.75) is 26.0 Å². The van der Waals surface area contributed by atoms with Crippen molar-refractivity contribution in [3.63, 3.8) is 0 Å². The molecule has 10 heteroatoms. The van der Waals surface area contributed by atoms with E-state index in [-0.39, 0.29) is 17.9 Å². The summed E-state index contributed by atoms with van der Waals surface area (Å²) in [6.07, 6.45) is 2.81. The van der Waals surface area contributed by atoms with Gasteiger partial charge in [-0.2, -0.15) is 10.2 Å². The third kappa shape index (κ3) is 3.21. The number of fused-ring (bicyclic) bond motifs is 2. The lowest BCUT2D eigenvalue weighted by molar-refractivity contribution is -0.0357. The van der Waals surface area contributed by atoms with Gasteiger partial charge in [0.2, 0.25) is 0 Å². The summed E-state index contributed by atoms with van der Waals surface area (Å²) in [5, 5.41) is 21.8.